The van der Waals surface area contributed by atoms with Crippen LogP contribution in [0.15, 0.2) is 48.5 Å². The highest BCUT2D eigenvalue weighted by Crippen LogP contribution is 2.36. The molecule has 36 heavy (non-hydrogen) atoms. The number of nitrogens with zero attached hydrogens (tertiary/aromatic N) is 2. The summed E-state index contributed by atoms with van der Waals surface area (Å²) in [6, 6.07) is 11.5. The van der Waals surface area contributed by atoms with Gasteiger partial charge in [-0.3, -0.25) is 4.79 Å². The van der Waals surface area contributed by atoms with Gasteiger partial charge in [-0.25, -0.2) is 12.8 Å². The molecule has 0 aromatic heterocycles. The van der Waals surface area contributed by atoms with Crippen molar-refractivity contribution < 1.29 is 22.7 Å². The predicted molar refractivity (Wildman–Crippen MR) is 138 cm³/mol. The fourth-order valence-corrected chi connectivity index (χ4v) is 6.76. The van der Waals surface area contributed by atoms with E-state index in [1.165, 1.54) is 27.4 Å². The Hall–Kier alpha value is -2.49. The number of aliphatic hydroxyl groups is 1. The van der Waals surface area contributed by atoms with Crippen LogP contribution in [-0.4, -0.2) is 54.8 Å². The second-order valence-electron chi connectivity index (χ2n) is 9.99. The number of rotatable bonds is 8. The number of sulfonamides is 1. The maximum Gasteiger partial charge on any atom is 0.247 e. The van der Waals surface area contributed by atoms with Crippen LogP contribution in [0.3, 0.4) is 0 Å². The quantitative estimate of drug-likeness (QED) is 0.519. The molecule has 9 heteroatoms. The van der Waals surface area contributed by atoms with Gasteiger partial charge < -0.3 is 15.3 Å². The number of hydrogen-bond acceptors (Lipinski definition) is 5. The minimum absolute atomic E-state index is 0.0308. The monoisotopic (exact) mass is 517 g/mol. The Balaban J connectivity index is 1.81. The van der Waals surface area contributed by atoms with Gasteiger partial charge in [-0.05, 0) is 61.9 Å². The Morgan fingerprint density at radius 3 is 2.47 bits per heavy atom. The lowest BCUT2D eigenvalue weighted by atomic mass is 9.93. The number of anilines is 1. The molecule has 1 saturated heterocycles. The minimum atomic E-state index is -3.59. The summed E-state index contributed by atoms with van der Waals surface area (Å²) in [5, 5.41) is 15.0. The van der Waals surface area contributed by atoms with E-state index in [1.807, 2.05) is 31.2 Å². The van der Waals surface area contributed by atoms with Gasteiger partial charge in [0.1, 0.15) is 18.1 Å². The summed E-state index contributed by atoms with van der Waals surface area (Å²) in [6.07, 6.45) is 5.79. The van der Waals surface area contributed by atoms with Gasteiger partial charge >= 0.3 is 0 Å². The lowest BCUT2D eigenvalue weighted by molar-refractivity contribution is -0.124. The Kier molecular flexibility index (Phi) is 8.32. The van der Waals surface area contributed by atoms with Gasteiger partial charge in [-0.2, -0.15) is 4.31 Å². The van der Waals surface area contributed by atoms with Crippen LogP contribution in [0.1, 0.15) is 62.1 Å². The number of halogens is 1. The first-order valence-electron chi connectivity index (χ1n) is 12.7. The third-order valence-corrected chi connectivity index (χ3v) is 8.68. The Morgan fingerprint density at radius 2 is 1.81 bits per heavy atom. The van der Waals surface area contributed by atoms with E-state index in [0.29, 0.717) is 30.6 Å². The van der Waals surface area contributed by atoms with E-state index in [4.69, 9.17) is 0 Å². The number of aryl methyl sites for hydroxylation is 1. The number of carbonyl (C=O) groups excluding carboxylic acids is 1. The molecular weight excluding hydrogens is 481 g/mol. The molecule has 1 heterocycles. The molecule has 2 fully saturated rings. The van der Waals surface area contributed by atoms with Gasteiger partial charge in [0.15, 0.2) is 0 Å². The van der Waals surface area contributed by atoms with E-state index in [9.17, 15) is 22.7 Å². The molecule has 3 unspecified atom stereocenters. The third-order valence-electron chi connectivity index (χ3n) is 7.37. The van der Waals surface area contributed by atoms with Crippen molar-refractivity contribution in [2.45, 2.75) is 76.2 Å². The highest BCUT2D eigenvalue weighted by molar-refractivity contribution is 7.88. The van der Waals surface area contributed by atoms with Gasteiger partial charge in [-0.1, -0.05) is 49.6 Å². The molecule has 1 saturated carbocycles. The van der Waals surface area contributed by atoms with Crippen LogP contribution in [0.5, 0.6) is 0 Å². The molecule has 2 aromatic rings. The molecule has 0 bridgehead atoms. The van der Waals surface area contributed by atoms with E-state index in [-0.39, 0.29) is 11.9 Å². The first-order chi connectivity index (χ1) is 17.2. The lowest BCUT2D eigenvalue weighted by Crippen LogP contribution is -2.55. The van der Waals surface area contributed by atoms with Crippen LogP contribution in [0.4, 0.5) is 10.1 Å². The minimum Gasteiger partial charge on any atom is -0.372 e. The number of carbonyl (C=O) groups is 1. The Labute approximate surface area is 213 Å². The predicted octanol–water partition coefficient (Wildman–Crippen LogP) is 3.87. The summed E-state index contributed by atoms with van der Waals surface area (Å²) in [4.78, 5) is 15.5. The van der Waals surface area contributed by atoms with E-state index in [2.05, 4.69) is 5.32 Å². The van der Waals surface area contributed by atoms with Crippen LogP contribution < -0.4 is 10.2 Å². The zero-order chi connectivity index (χ0) is 25.9. The van der Waals surface area contributed by atoms with Crippen molar-refractivity contribution in [1.29, 1.82) is 0 Å². The number of nitrogens with one attached hydrogen (secondary N) is 1. The third kappa shape index (κ3) is 5.90. The van der Waals surface area contributed by atoms with Crippen LogP contribution in [-0.2, 0) is 14.8 Å². The van der Waals surface area contributed by atoms with Crippen molar-refractivity contribution in [1.82, 2.24) is 9.62 Å². The molecule has 4 rings (SSSR count). The van der Waals surface area contributed by atoms with Gasteiger partial charge in [0.25, 0.3) is 0 Å². The van der Waals surface area contributed by atoms with Gasteiger partial charge in [-0.15, -0.1) is 0 Å². The molecule has 0 radical (unpaired) electrons. The lowest BCUT2D eigenvalue weighted by Gasteiger charge is -2.42. The number of aliphatic hydroxyl groups excluding tert-OH is 1. The fourth-order valence-electron chi connectivity index (χ4n) is 5.59. The van der Waals surface area contributed by atoms with E-state index in [1.54, 1.807) is 6.07 Å². The molecule has 2 N–H and O–H groups in total. The van der Waals surface area contributed by atoms with Crippen LogP contribution >= 0.6 is 0 Å². The molecule has 1 aliphatic carbocycles. The topological polar surface area (TPSA) is 90.0 Å². The average Bonchev–Trinajstić information content (AvgIpc) is 3.34. The second kappa shape index (κ2) is 11.3. The molecular formula is C27H36FN3O4S. The van der Waals surface area contributed by atoms with Crippen molar-refractivity contribution in [3.8, 4) is 0 Å². The largest absolute Gasteiger partial charge is 0.372 e. The first-order valence-corrected chi connectivity index (χ1v) is 14.6. The summed E-state index contributed by atoms with van der Waals surface area (Å²) in [5.41, 5.74) is 1.84. The Bertz CT molecular complexity index is 1170. The van der Waals surface area contributed by atoms with Crippen molar-refractivity contribution in [2.75, 3.05) is 17.7 Å². The van der Waals surface area contributed by atoms with Crippen LogP contribution in [0, 0.1) is 12.7 Å². The maximum absolute atomic E-state index is 14.4. The summed E-state index contributed by atoms with van der Waals surface area (Å²) in [6.45, 7) is 2.19. The zero-order valence-corrected chi connectivity index (χ0v) is 21.8. The number of amides is 1. The van der Waals surface area contributed by atoms with Crippen LogP contribution in [0.2, 0.25) is 0 Å². The van der Waals surface area contributed by atoms with Gasteiger partial charge in [0, 0.05) is 18.3 Å². The fraction of sp³-hybridized carbons (Fsp3) is 0.519. The highest BCUT2D eigenvalue weighted by atomic mass is 32.2. The van der Waals surface area contributed by atoms with E-state index in [0.717, 1.165) is 43.9 Å². The number of hydrogen-bond donors (Lipinski definition) is 2. The van der Waals surface area contributed by atoms with Crippen molar-refractivity contribution in [2.24, 2.45) is 0 Å². The van der Waals surface area contributed by atoms with Crippen LogP contribution in [0.25, 0.3) is 0 Å². The smallest absolute Gasteiger partial charge is 0.247 e. The standard InChI is InChI=1S/C27H36FN3O4S/c1-19-10-6-7-15-23(19)25(26(32)29-21-12-4-3-5-13-21)31(22-14-8-11-20(28)18-22)27(33)24-16-9-17-30(24)36(2,34)35/h6-8,10-11,14-15,18,21,24-25,27,33H,3-5,9,12-13,16-17H2,1-2H3,(H,29,32). The second-order valence-corrected chi connectivity index (χ2v) is 11.9. The molecule has 2 aliphatic rings. The SMILES string of the molecule is Cc1ccccc1C(C(=O)NC1CCCCC1)N(c1cccc(F)c1)C(O)C1CCCN1S(C)(=O)=O. The summed E-state index contributed by atoms with van der Waals surface area (Å²) in [7, 11) is -3.59. The molecule has 0 spiro atoms. The highest BCUT2D eigenvalue weighted by Gasteiger charge is 2.43. The molecule has 7 nitrogen and oxygen atoms in total. The van der Waals surface area contributed by atoms with E-state index >= 15 is 0 Å². The van der Waals surface area contributed by atoms with Gasteiger partial charge in [0.2, 0.25) is 15.9 Å². The van der Waals surface area contributed by atoms with Crippen molar-refractivity contribution >= 4 is 21.6 Å². The average molecular weight is 518 g/mol. The van der Waals surface area contributed by atoms with Gasteiger partial charge in [0.05, 0.1) is 12.3 Å². The molecule has 3 atom stereocenters. The van der Waals surface area contributed by atoms with Crippen molar-refractivity contribution in [3.05, 3.63) is 65.5 Å². The summed E-state index contributed by atoms with van der Waals surface area (Å²) in [5.74, 6) is -0.796. The Morgan fingerprint density at radius 1 is 1.08 bits per heavy atom. The van der Waals surface area contributed by atoms with E-state index < -0.39 is 34.2 Å². The first kappa shape index (κ1) is 26.6. The maximum atomic E-state index is 14.4. The molecule has 1 aliphatic heterocycles. The molecule has 1 amide bonds. The molecule has 196 valence electrons. The summed E-state index contributed by atoms with van der Waals surface area (Å²) >= 11 is 0. The molecule has 2 aromatic carbocycles. The van der Waals surface area contributed by atoms with Crippen molar-refractivity contribution in [3.63, 3.8) is 0 Å². The summed E-state index contributed by atoms with van der Waals surface area (Å²) < 4.78 is 40.7. The number of benzene rings is 2. The normalized spacial score (nSPS) is 21.2. The zero-order valence-electron chi connectivity index (χ0n) is 20.9.